The fraction of sp³-hybridized carbons (Fsp3) is 0.400. The average Bonchev–Trinajstić information content (AvgIpc) is 2.47. The fourth-order valence-corrected chi connectivity index (χ4v) is 6.21. The molecule has 0 unspecified atom stereocenters. The van der Waals surface area contributed by atoms with Gasteiger partial charge in [0.25, 0.3) is 0 Å². The Morgan fingerprint density at radius 2 is 1.23 bits per heavy atom. The molecule has 0 radical (unpaired) electrons. The SMILES string of the molecule is CC(C)P(c1ccccc1-c1ccccc1N(C)C)C(C)C. The summed E-state index contributed by atoms with van der Waals surface area (Å²) in [6, 6.07) is 17.7. The van der Waals surface area contributed by atoms with Gasteiger partial charge in [-0.3, -0.25) is 0 Å². The van der Waals surface area contributed by atoms with E-state index in [0.717, 1.165) is 0 Å². The predicted octanol–water partition coefficient (Wildman–Crippen LogP) is 5.34. The number of nitrogens with zero attached hydrogens (tertiary/aromatic N) is 1. The molecule has 0 fully saturated rings. The van der Waals surface area contributed by atoms with E-state index in [9.17, 15) is 0 Å². The van der Waals surface area contributed by atoms with Gasteiger partial charge in [0, 0.05) is 25.3 Å². The molecule has 0 atom stereocenters. The first-order chi connectivity index (χ1) is 10.4. The fourth-order valence-electron chi connectivity index (χ4n) is 3.17. The van der Waals surface area contributed by atoms with Crippen LogP contribution in [0.15, 0.2) is 48.5 Å². The molecule has 0 amide bonds. The van der Waals surface area contributed by atoms with Crippen LogP contribution in [-0.2, 0) is 0 Å². The quantitative estimate of drug-likeness (QED) is 0.673. The van der Waals surface area contributed by atoms with Gasteiger partial charge in [-0.1, -0.05) is 78.1 Å². The second-order valence-corrected chi connectivity index (χ2v) is 9.89. The van der Waals surface area contributed by atoms with Crippen molar-refractivity contribution >= 4 is 18.9 Å². The number of hydrogen-bond acceptors (Lipinski definition) is 1. The van der Waals surface area contributed by atoms with Crippen LogP contribution in [0.4, 0.5) is 5.69 Å². The summed E-state index contributed by atoms with van der Waals surface area (Å²) in [5.41, 5.74) is 5.43. The monoisotopic (exact) mass is 313 g/mol. The van der Waals surface area contributed by atoms with Gasteiger partial charge in [0.05, 0.1) is 0 Å². The molecular weight excluding hydrogens is 285 g/mol. The van der Waals surface area contributed by atoms with Crippen molar-refractivity contribution in [2.24, 2.45) is 0 Å². The Bertz CT molecular complexity index is 609. The third-order valence-corrected chi connectivity index (χ3v) is 7.14. The van der Waals surface area contributed by atoms with Gasteiger partial charge < -0.3 is 4.90 Å². The highest BCUT2D eigenvalue weighted by atomic mass is 31.1. The number of para-hydroxylation sites is 1. The second kappa shape index (κ2) is 7.29. The molecule has 0 bridgehead atoms. The maximum Gasteiger partial charge on any atom is 0.0440 e. The van der Waals surface area contributed by atoms with Crippen molar-refractivity contribution in [1.82, 2.24) is 0 Å². The molecule has 1 nitrogen and oxygen atoms in total. The Kier molecular flexibility index (Phi) is 5.64. The van der Waals surface area contributed by atoms with Crippen LogP contribution in [0, 0.1) is 0 Å². The van der Waals surface area contributed by atoms with E-state index in [2.05, 4.69) is 95.2 Å². The summed E-state index contributed by atoms with van der Waals surface area (Å²) < 4.78 is 0. The molecule has 2 heteroatoms. The molecule has 0 spiro atoms. The zero-order valence-electron chi connectivity index (χ0n) is 14.7. The Hall–Kier alpha value is -1.33. The molecule has 0 saturated heterocycles. The summed E-state index contributed by atoms with van der Waals surface area (Å²) in [5, 5.41) is 1.54. The van der Waals surface area contributed by atoms with Crippen molar-refractivity contribution in [2.75, 3.05) is 19.0 Å². The topological polar surface area (TPSA) is 3.24 Å². The van der Waals surface area contributed by atoms with E-state index in [1.807, 2.05) is 0 Å². The molecule has 118 valence electrons. The molecular formula is C20H28NP. The van der Waals surface area contributed by atoms with Crippen molar-refractivity contribution in [2.45, 2.75) is 39.0 Å². The molecule has 0 aromatic heterocycles. The molecule has 2 aromatic carbocycles. The van der Waals surface area contributed by atoms with Gasteiger partial charge in [-0.05, 0) is 28.3 Å². The Morgan fingerprint density at radius 1 is 0.727 bits per heavy atom. The molecule has 0 aliphatic rings. The minimum atomic E-state index is -0.168. The molecule has 0 N–H and O–H groups in total. The summed E-state index contributed by atoms with van der Waals surface area (Å²) in [7, 11) is 4.07. The van der Waals surface area contributed by atoms with E-state index in [0.29, 0.717) is 11.3 Å². The highest BCUT2D eigenvalue weighted by Gasteiger charge is 2.22. The number of hydrogen-bond donors (Lipinski definition) is 0. The van der Waals surface area contributed by atoms with E-state index in [-0.39, 0.29) is 7.92 Å². The summed E-state index contributed by atoms with van der Waals surface area (Å²) in [5.74, 6) is 0. The van der Waals surface area contributed by atoms with Crippen LogP contribution in [0.25, 0.3) is 11.1 Å². The minimum absolute atomic E-state index is 0.168. The molecule has 0 heterocycles. The van der Waals surface area contributed by atoms with Crippen molar-refractivity contribution in [1.29, 1.82) is 0 Å². The average molecular weight is 313 g/mol. The van der Waals surface area contributed by atoms with E-state index in [1.165, 1.54) is 22.1 Å². The zero-order chi connectivity index (χ0) is 16.3. The standard InChI is InChI=1S/C20H28NP/c1-15(2)22(16(3)4)20-14-10-8-12-18(20)17-11-7-9-13-19(17)21(5)6/h7-16H,1-6H3. The van der Waals surface area contributed by atoms with Crippen LogP contribution in [0.1, 0.15) is 27.7 Å². The van der Waals surface area contributed by atoms with Gasteiger partial charge >= 0.3 is 0 Å². The van der Waals surface area contributed by atoms with Gasteiger partial charge in [-0.2, -0.15) is 0 Å². The lowest BCUT2D eigenvalue weighted by Gasteiger charge is -2.29. The lowest BCUT2D eigenvalue weighted by atomic mass is 10.0. The van der Waals surface area contributed by atoms with E-state index < -0.39 is 0 Å². The number of rotatable bonds is 5. The first-order valence-corrected chi connectivity index (χ1v) is 9.55. The molecule has 0 aliphatic carbocycles. The van der Waals surface area contributed by atoms with Crippen LogP contribution >= 0.6 is 7.92 Å². The maximum atomic E-state index is 2.36. The largest absolute Gasteiger partial charge is 0.377 e. The van der Waals surface area contributed by atoms with Crippen molar-refractivity contribution in [3.63, 3.8) is 0 Å². The van der Waals surface area contributed by atoms with Gasteiger partial charge in [0.1, 0.15) is 0 Å². The third-order valence-electron chi connectivity index (χ3n) is 3.97. The van der Waals surface area contributed by atoms with Gasteiger partial charge in [0.2, 0.25) is 0 Å². The molecule has 2 aromatic rings. The Morgan fingerprint density at radius 3 is 1.77 bits per heavy atom. The number of benzene rings is 2. The molecule has 0 aliphatic heterocycles. The predicted molar refractivity (Wildman–Crippen MR) is 103 cm³/mol. The van der Waals surface area contributed by atoms with Crippen LogP contribution in [0.5, 0.6) is 0 Å². The van der Waals surface area contributed by atoms with Crippen LogP contribution in [-0.4, -0.2) is 25.4 Å². The highest BCUT2D eigenvalue weighted by molar-refractivity contribution is 7.67. The zero-order valence-corrected chi connectivity index (χ0v) is 15.6. The third kappa shape index (κ3) is 3.52. The van der Waals surface area contributed by atoms with Gasteiger partial charge in [-0.25, -0.2) is 0 Å². The second-order valence-electron chi connectivity index (χ2n) is 6.52. The first-order valence-electron chi connectivity index (χ1n) is 8.07. The molecule has 22 heavy (non-hydrogen) atoms. The molecule has 2 rings (SSSR count). The Labute approximate surface area is 137 Å². The summed E-state index contributed by atoms with van der Waals surface area (Å²) in [6.45, 7) is 9.45. The number of anilines is 1. The van der Waals surface area contributed by atoms with E-state index >= 15 is 0 Å². The lowest BCUT2D eigenvalue weighted by molar-refractivity contribution is 1.02. The normalized spacial score (nSPS) is 11.5. The smallest absolute Gasteiger partial charge is 0.0440 e. The van der Waals surface area contributed by atoms with Crippen LogP contribution in [0.3, 0.4) is 0 Å². The van der Waals surface area contributed by atoms with E-state index in [4.69, 9.17) is 0 Å². The molecule has 0 saturated carbocycles. The highest BCUT2D eigenvalue weighted by Crippen LogP contribution is 2.47. The lowest BCUT2D eigenvalue weighted by Crippen LogP contribution is -2.18. The van der Waals surface area contributed by atoms with Crippen molar-refractivity contribution in [3.8, 4) is 11.1 Å². The van der Waals surface area contributed by atoms with Crippen LogP contribution in [0.2, 0.25) is 0 Å². The summed E-state index contributed by atoms with van der Waals surface area (Å²) >= 11 is 0. The van der Waals surface area contributed by atoms with Crippen LogP contribution < -0.4 is 10.2 Å². The summed E-state index contributed by atoms with van der Waals surface area (Å²) in [6.07, 6.45) is 0. The Balaban J connectivity index is 2.63. The summed E-state index contributed by atoms with van der Waals surface area (Å²) in [4.78, 5) is 2.21. The van der Waals surface area contributed by atoms with Gasteiger partial charge in [0.15, 0.2) is 0 Å². The van der Waals surface area contributed by atoms with Gasteiger partial charge in [-0.15, -0.1) is 0 Å². The van der Waals surface area contributed by atoms with Crippen molar-refractivity contribution in [3.05, 3.63) is 48.5 Å². The van der Waals surface area contributed by atoms with Crippen molar-refractivity contribution < 1.29 is 0 Å². The van der Waals surface area contributed by atoms with E-state index in [1.54, 1.807) is 0 Å². The first kappa shape index (κ1) is 17.0. The maximum absolute atomic E-state index is 2.36. The minimum Gasteiger partial charge on any atom is -0.377 e.